The van der Waals surface area contributed by atoms with Crippen LogP contribution in [0.5, 0.6) is 11.5 Å². The van der Waals surface area contributed by atoms with Crippen molar-refractivity contribution >= 4 is 0 Å². The monoisotopic (exact) mass is 193 g/mol. The van der Waals surface area contributed by atoms with E-state index in [4.69, 9.17) is 9.47 Å². The SMILES string of the molecule is CNCC(C)c1cccc2c1OCO2. The molecule has 0 aliphatic carbocycles. The Morgan fingerprint density at radius 1 is 1.43 bits per heavy atom. The van der Waals surface area contributed by atoms with Crippen molar-refractivity contribution in [3.8, 4) is 11.5 Å². The third-order valence-electron chi connectivity index (χ3n) is 2.47. The van der Waals surface area contributed by atoms with Crippen LogP contribution in [0.15, 0.2) is 18.2 Å². The lowest BCUT2D eigenvalue weighted by atomic mass is 10.00. The zero-order valence-electron chi connectivity index (χ0n) is 8.54. The Hall–Kier alpha value is -1.22. The Bertz CT molecular complexity index is 325. The molecule has 1 atom stereocenters. The predicted molar refractivity (Wildman–Crippen MR) is 54.9 cm³/mol. The largest absolute Gasteiger partial charge is 0.454 e. The van der Waals surface area contributed by atoms with Gasteiger partial charge in [0.1, 0.15) is 0 Å². The number of ether oxygens (including phenoxy) is 2. The van der Waals surface area contributed by atoms with Crippen molar-refractivity contribution in [3.05, 3.63) is 23.8 Å². The van der Waals surface area contributed by atoms with Gasteiger partial charge in [0.2, 0.25) is 6.79 Å². The van der Waals surface area contributed by atoms with Crippen LogP contribution < -0.4 is 14.8 Å². The van der Waals surface area contributed by atoms with Crippen molar-refractivity contribution < 1.29 is 9.47 Å². The summed E-state index contributed by atoms with van der Waals surface area (Å²) in [4.78, 5) is 0. The minimum absolute atomic E-state index is 0.346. The molecule has 0 aromatic heterocycles. The molecule has 2 rings (SSSR count). The number of rotatable bonds is 3. The number of fused-ring (bicyclic) bond motifs is 1. The fourth-order valence-corrected chi connectivity index (χ4v) is 1.76. The molecular formula is C11H15NO2. The summed E-state index contributed by atoms with van der Waals surface area (Å²) < 4.78 is 10.8. The van der Waals surface area contributed by atoms with E-state index in [0.29, 0.717) is 12.7 Å². The fourth-order valence-electron chi connectivity index (χ4n) is 1.76. The lowest BCUT2D eigenvalue weighted by Crippen LogP contribution is -2.15. The molecule has 0 bridgehead atoms. The fraction of sp³-hybridized carbons (Fsp3) is 0.455. The van der Waals surface area contributed by atoms with Crippen LogP contribution >= 0.6 is 0 Å². The molecule has 0 saturated carbocycles. The maximum Gasteiger partial charge on any atom is 0.231 e. The summed E-state index contributed by atoms with van der Waals surface area (Å²) in [7, 11) is 1.96. The lowest BCUT2D eigenvalue weighted by molar-refractivity contribution is 0.173. The highest BCUT2D eigenvalue weighted by atomic mass is 16.7. The second-order valence-electron chi connectivity index (χ2n) is 3.54. The standard InChI is InChI=1S/C11H15NO2/c1-8(6-12-2)9-4-3-5-10-11(9)14-7-13-10/h3-5,8,12H,6-7H2,1-2H3. The van der Waals surface area contributed by atoms with Crippen LogP contribution in [0.25, 0.3) is 0 Å². The average Bonchev–Trinajstić information content (AvgIpc) is 2.65. The maximum atomic E-state index is 5.45. The average molecular weight is 193 g/mol. The normalized spacial score (nSPS) is 15.6. The molecule has 3 nitrogen and oxygen atoms in total. The molecular weight excluding hydrogens is 178 g/mol. The van der Waals surface area contributed by atoms with Gasteiger partial charge < -0.3 is 14.8 Å². The predicted octanol–water partition coefficient (Wildman–Crippen LogP) is 1.74. The van der Waals surface area contributed by atoms with E-state index in [-0.39, 0.29) is 0 Å². The molecule has 3 heteroatoms. The van der Waals surface area contributed by atoms with Gasteiger partial charge in [0.15, 0.2) is 11.5 Å². The van der Waals surface area contributed by atoms with E-state index in [1.165, 1.54) is 5.56 Å². The molecule has 0 spiro atoms. The molecule has 1 aliphatic heterocycles. The van der Waals surface area contributed by atoms with Crippen molar-refractivity contribution in [2.75, 3.05) is 20.4 Å². The van der Waals surface area contributed by atoms with Crippen LogP contribution in [0.4, 0.5) is 0 Å². The molecule has 1 N–H and O–H groups in total. The Morgan fingerprint density at radius 3 is 3.07 bits per heavy atom. The third-order valence-corrected chi connectivity index (χ3v) is 2.47. The summed E-state index contributed by atoms with van der Waals surface area (Å²) in [6.45, 7) is 3.46. The molecule has 0 fully saturated rings. The molecule has 1 unspecified atom stereocenters. The highest BCUT2D eigenvalue weighted by Gasteiger charge is 2.20. The van der Waals surface area contributed by atoms with Gasteiger partial charge in [-0.2, -0.15) is 0 Å². The molecule has 1 aromatic rings. The van der Waals surface area contributed by atoms with E-state index in [1.54, 1.807) is 0 Å². The smallest absolute Gasteiger partial charge is 0.231 e. The van der Waals surface area contributed by atoms with Gasteiger partial charge in [0.05, 0.1) is 0 Å². The van der Waals surface area contributed by atoms with Crippen LogP contribution in [-0.4, -0.2) is 20.4 Å². The second-order valence-corrected chi connectivity index (χ2v) is 3.54. The van der Waals surface area contributed by atoms with Gasteiger partial charge in [-0.15, -0.1) is 0 Å². The first-order chi connectivity index (χ1) is 6.83. The van der Waals surface area contributed by atoms with E-state index in [1.807, 2.05) is 19.2 Å². The van der Waals surface area contributed by atoms with Gasteiger partial charge in [-0.05, 0) is 19.0 Å². The molecule has 0 radical (unpaired) electrons. The van der Waals surface area contributed by atoms with Crippen molar-refractivity contribution in [2.45, 2.75) is 12.8 Å². The Balaban J connectivity index is 2.29. The summed E-state index contributed by atoms with van der Waals surface area (Å²) in [6, 6.07) is 6.04. The Morgan fingerprint density at radius 2 is 2.29 bits per heavy atom. The van der Waals surface area contributed by atoms with E-state index >= 15 is 0 Å². The highest BCUT2D eigenvalue weighted by Crippen LogP contribution is 2.38. The number of hydrogen-bond acceptors (Lipinski definition) is 3. The molecule has 76 valence electrons. The van der Waals surface area contributed by atoms with Crippen LogP contribution in [-0.2, 0) is 0 Å². The van der Waals surface area contributed by atoms with Crippen molar-refractivity contribution in [2.24, 2.45) is 0 Å². The summed E-state index contributed by atoms with van der Waals surface area (Å²) >= 11 is 0. The number of hydrogen-bond donors (Lipinski definition) is 1. The minimum atomic E-state index is 0.346. The summed E-state index contributed by atoms with van der Waals surface area (Å²) in [6.07, 6.45) is 0. The van der Waals surface area contributed by atoms with Gasteiger partial charge in [-0.25, -0.2) is 0 Å². The first kappa shape index (κ1) is 9.34. The van der Waals surface area contributed by atoms with E-state index in [0.717, 1.165) is 18.0 Å². The number of para-hydroxylation sites is 1. The van der Waals surface area contributed by atoms with Crippen LogP contribution in [0.3, 0.4) is 0 Å². The van der Waals surface area contributed by atoms with E-state index in [2.05, 4.69) is 18.3 Å². The van der Waals surface area contributed by atoms with Crippen LogP contribution in [0.2, 0.25) is 0 Å². The zero-order valence-corrected chi connectivity index (χ0v) is 8.54. The molecule has 1 aliphatic rings. The van der Waals surface area contributed by atoms with E-state index < -0.39 is 0 Å². The molecule has 14 heavy (non-hydrogen) atoms. The van der Waals surface area contributed by atoms with Gasteiger partial charge in [0.25, 0.3) is 0 Å². The van der Waals surface area contributed by atoms with Gasteiger partial charge in [-0.3, -0.25) is 0 Å². The maximum absolute atomic E-state index is 5.45. The van der Waals surface area contributed by atoms with Crippen LogP contribution in [0, 0.1) is 0 Å². The van der Waals surface area contributed by atoms with Crippen LogP contribution in [0.1, 0.15) is 18.4 Å². The third kappa shape index (κ3) is 1.55. The lowest BCUT2D eigenvalue weighted by Gasteiger charge is -2.13. The molecule has 1 aromatic carbocycles. The van der Waals surface area contributed by atoms with Crippen molar-refractivity contribution in [1.29, 1.82) is 0 Å². The summed E-state index contributed by atoms with van der Waals surface area (Å²) in [5, 5.41) is 3.16. The Labute approximate surface area is 84.0 Å². The number of nitrogens with one attached hydrogen (secondary N) is 1. The topological polar surface area (TPSA) is 30.5 Å². The van der Waals surface area contributed by atoms with Crippen molar-refractivity contribution in [3.63, 3.8) is 0 Å². The first-order valence-electron chi connectivity index (χ1n) is 4.86. The van der Waals surface area contributed by atoms with Gasteiger partial charge in [0, 0.05) is 12.1 Å². The summed E-state index contributed by atoms with van der Waals surface area (Å²) in [5.41, 5.74) is 1.22. The number of likely N-dealkylation sites (N-methyl/N-ethyl adjacent to an activating group) is 1. The zero-order chi connectivity index (χ0) is 9.97. The van der Waals surface area contributed by atoms with E-state index in [9.17, 15) is 0 Å². The van der Waals surface area contributed by atoms with Gasteiger partial charge in [-0.1, -0.05) is 19.1 Å². The molecule has 0 saturated heterocycles. The van der Waals surface area contributed by atoms with Gasteiger partial charge >= 0.3 is 0 Å². The molecule has 1 heterocycles. The highest BCUT2D eigenvalue weighted by molar-refractivity contribution is 5.49. The quantitative estimate of drug-likeness (QED) is 0.793. The summed E-state index contributed by atoms with van der Waals surface area (Å²) in [5.74, 6) is 2.22. The number of benzene rings is 1. The Kier molecular flexibility index (Phi) is 2.59. The minimum Gasteiger partial charge on any atom is -0.454 e. The first-order valence-corrected chi connectivity index (χ1v) is 4.86. The van der Waals surface area contributed by atoms with Crippen molar-refractivity contribution in [1.82, 2.24) is 5.32 Å². The second kappa shape index (κ2) is 3.88. The molecule has 0 amide bonds.